The molecule has 0 aliphatic rings. The van der Waals surface area contributed by atoms with Crippen LogP contribution in [-0.4, -0.2) is 57.3 Å². The van der Waals surface area contributed by atoms with Crippen molar-refractivity contribution < 1.29 is 34.2 Å². The summed E-state index contributed by atoms with van der Waals surface area (Å²) < 4.78 is -0.550. The van der Waals surface area contributed by atoms with Gasteiger partial charge in [-0.15, -0.1) is 0 Å². The van der Waals surface area contributed by atoms with Gasteiger partial charge >= 0.3 is 11.9 Å². The normalized spacial score (nSPS) is 15.9. The summed E-state index contributed by atoms with van der Waals surface area (Å²) in [6, 6.07) is -3.52. The number of carbonyl (C=O) groups excluding carboxylic acids is 1. The summed E-state index contributed by atoms with van der Waals surface area (Å²) in [5.41, 5.74) is 0. The monoisotopic (exact) mass is 511 g/mol. The van der Waals surface area contributed by atoms with Crippen molar-refractivity contribution in [3.05, 3.63) is 12.2 Å². The fourth-order valence-electron chi connectivity index (χ4n) is 5.65. The van der Waals surface area contributed by atoms with E-state index in [-0.39, 0.29) is 25.8 Å². The fraction of sp³-hybridized carbons (Fsp3) is 0.828. The predicted molar refractivity (Wildman–Crippen MR) is 142 cm³/mol. The van der Waals surface area contributed by atoms with E-state index in [1.54, 1.807) is 26.8 Å². The molecule has 0 aromatic carbocycles. The molecule has 0 aliphatic heterocycles. The molecule has 0 fully saturated rings. The highest BCUT2D eigenvalue weighted by atomic mass is 16.4. The van der Waals surface area contributed by atoms with Crippen LogP contribution in [0.2, 0.25) is 0 Å². The Kier molecular flexibility index (Phi) is 19.1. The molecule has 0 spiro atoms. The third kappa shape index (κ3) is 11.4. The Bertz CT molecular complexity index is 593. The second kappa shape index (κ2) is 20.2. The minimum Gasteiger partial charge on any atom is -0.544 e. The SMILES string of the molecule is CCCCCCCCCCCCCC/C=C/C[N+](C(CC)C(=O)[O-])(C(CC)C(=O)O)C(CC)C(=O)O. The van der Waals surface area contributed by atoms with Crippen LogP contribution >= 0.6 is 0 Å². The largest absolute Gasteiger partial charge is 0.544 e. The summed E-state index contributed by atoms with van der Waals surface area (Å²) in [7, 11) is 0. The third-order valence-corrected chi connectivity index (χ3v) is 7.56. The van der Waals surface area contributed by atoms with Gasteiger partial charge < -0.3 is 20.1 Å². The Morgan fingerprint density at radius 3 is 1.36 bits per heavy atom. The Hall–Kier alpha value is -1.89. The smallest absolute Gasteiger partial charge is 0.362 e. The fourth-order valence-corrected chi connectivity index (χ4v) is 5.65. The number of hydrogen-bond acceptors (Lipinski definition) is 4. The van der Waals surface area contributed by atoms with Crippen LogP contribution in [0.3, 0.4) is 0 Å². The molecule has 0 radical (unpaired) electrons. The van der Waals surface area contributed by atoms with Gasteiger partial charge in [0, 0.05) is 19.3 Å². The molecular formula is C29H53NO6. The zero-order valence-electron chi connectivity index (χ0n) is 23.4. The zero-order valence-corrected chi connectivity index (χ0v) is 23.4. The molecule has 0 heterocycles. The first kappa shape index (κ1) is 34.1. The van der Waals surface area contributed by atoms with Crippen molar-refractivity contribution in [2.24, 2.45) is 0 Å². The van der Waals surface area contributed by atoms with E-state index >= 15 is 0 Å². The second-order valence-corrected chi connectivity index (χ2v) is 10.1. The summed E-state index contributed by atoms with van der Waals surface area (Å²) in [6.07, 6.45) is 20.1. The number of aliphatic carboxylic acids is 3. The number of carboxylic acids is 3. The topological polar surface area (TPSA) is 115 Å². The van der Waals surface area contributed by atoms with Crippen LogP contribution in [-0.2, 0) is 14.4 Å². The number of allylic oxidation sites excluding steroid dienone is 1. The molecule has 210 valence electrons. The lowest BCUT2D eigenvalue weighted by Gasteiger charge is -2.51. The summed E-state index contributed by atoms with van der Waals surface area (Å²) in [6.45, 7) is 7.26. The summed E-state index contributed by atoms with van der Waals surface area (Å²) in [5.74, 6) is -3.75. The predicted octanol–water partition coefficient (Wildman–Crippen LogP) is 5.71. The Balaban J connectivity index is 4.96. The molecule has 0 amide bonds. The Labute approximate surface area is 219 Å². The van der Waals surface area contributed by atoms with Crippen LogP contribution in [0.25, 0.3) is 0 Å². The number of hydrogen-bond donors (Lipinski definition) is 2. The van der Waals surface area contributed by atoms with Crippen LogP contribution < -0.4 is 5.11 Å². The molecular weight excluding hydrogens is 458 g/mol. The highest BCUT2D eigenvalue weighted by Crippen LogP contribution is 2.31. The molecule has 0 bridgehead atoms. The van der Waals surface area contributed by atoms with Crippen molar-refractivity contribution in [2.45, 2.75) is 149 Å². The van der Waals surface area contributed by atoms with Gasteiger partial charge in [-0.05, 0) is 18.9 Å². The number of nitrogens with zero attached hydrogens (tertiary/aromatic N) is 1. The van der Waals surface area contributed by atoms with Gasteiger partial charge in [0.15, 0.2) is 12.1 Å². The molecule has 0 saturated carbocycles. The number of carboxylic acid groups (broad SMARTS) is 3. The van der Waals surface area contributed by atoms with Gasteiger partial charge in [-0.3, -0.25) is 4.48 Å². The first-order chi connectivity index (χ1) is 17.2. The lowest BCUT2D eigenvalue weighted by atomic mass is 9.94. The minimum atomic E-state index is -1.40. The quantitative estimate of drug-likeness (QED) is 0.0975. The Morgan fingerprint density at radius 2 is 1.03 bits per heavy atom. The summed E-state index contributed by atoms with van der Waals surface area (Å²) >= 11 is 0. The molecule has 36 heavy (non-hydrogen) atoms. The van der Waals surface area contributed by atoms with Gasteiger partial charge in [-0.25, -0.2) is 9.59 Å². The first-order valence-corrected chi connectivity index (χ1v) is 14.4. The van der Waals surface area contributed by atoms with E-state index in [0.29, 0.717) is 0 Å². The average Bonchev–Trinajstić information content (AvgIpc) is 2.82. The van der Waals surface area contributed by atoms with Gasteiger partial charge in [-0.2, -0.15) is 0 Å². The highest BCUT2D eigenvalue weighted by molar-refractivity contribution is 5.77. The standard InChI is InChI=1S/C29H53NO6/c1-5-9-10-11-12-13-14-15-16-17-18-19-20-21-22-23-30(24(6-2)27(31)32,25(7-3)28(33)34)26(8-4)29(35)36/h21-22,24-26H,5-20,23H2,1-4H3,(H2-,31,32,33,34,35,36)/b22-21+. The molecule has 2 N–H and O–H groups in total. The maximum atomic E-state index is 12.2. The van der Waals surface area contributed by atoms with E-state index in [9.17, 15) is 29.7 Å². The average molecular weight is 512 g/mol. The second-order valence-electron chi connectivity index (χ2n) is 10.1. The van der Waals surface area contributed by atoms with E-state index < -0.39 is 40.5 Å². The third-order valence-electron chi connectivity index (χ3n) is 7.56. The lowest BCUT2D eigenvalue weighted by molar-refractivity contribution is -0.969. The maximum Gasteiger partial charge on any atom is 0.362 e. The van der Waals surface area contributed by atoms with Crippen LogP contribution in [0.15, 0.2) is 12.2 Å². The molecule has 3 unspecified atom stereocenters. The van der Waals surface area contributed by atoms with Crippen molar-refractivity contribution in [2.75, 3.05) is 6.54 Å². The van der Waals surface area contributed by atoms with E-state index in [2.05, 4.69) is 6.92 Å². The summed E-state index contributed by atoms with van der Waals surface area (Å²) in [5, 5.41) is 32.0. The molecule has 7 nitrogen and oxygen atoms in total. The van der Waals surface area contributed by atoms with Gasteiger partial charge in [0.2, 0.25) is 0 Å². The molecule has 3 atom stereocenters. The highest BCUT2D eigenvalue weighted by Gasteiger charge is 2.53. The first-order valence-electron chi connectivity index (χ1n) is 14.4. The molecule has 0 saturated heterocycles. The van der Waals surface area contributed by atoms with Crippen LogP contribution in [0.5, 0.6) is 0 Å². The van der Waals surface area contributed by atoms with Crippen molar-refractivity contribution in [1.29, 1.82) is 0 Å². The molecule has 0 aliphatic carbocycles. The summed E-state index contributed by atoms with van der Waals surface area (Å²) in [4.78, 5) is 36.4. The number of carbonyl (C=O) groups is 3. The molecule has 7 heteroatoms. The van der Waals surface area contributed by atoms with Gasteiger partial charge in [0.1, 0.15) is 6.04 Å². The molecule has 0 aromatic heterocycles. The van der Waals surface area contributed by atoms with Crippen molar-refractivity contribution in [3.63, 3.8) is 0 Å². The van der Waals surface area contributed by atoms with Gasteiger partial charge in [0.25, 0.3) is 0 Å². The van der Waals surface area contributed by atoms with E-state index in [1.807, 2.05) is 6.08 Å². The van der Waals surface area contributed by atoms with Crippen molar-refractivity contribution >= 4 is 17.9 Å². The van der Waals surface area contributed by atoms with Crippen molar-refractivity contribution in [1.82, 2.24) is 0 Å². The molecule has 0 aromatic rings. The van der Waals surface area contributed by atoms with E-state index in [0.717, 1.165) is 19.3 Å². The lowest BCUT2D eigenvalue weighted by Crippen LogP contribution is -2.73. The van der Waals surface area contributed by atoms with Gasteiger partial charge in [-0.1, -0.05) is 104 Å². The number of rotatable bonds is 24. The Morgan fingerprint density at radius 1 is 0.639 bits per heavy atom. The molecule has 0 rings (SSSR count). The number of unbranched alkanes of at least 4 members (excludes halogenated alkanes) is 12. The van der Waals surface area contributed by atoms with E-state index in [1.165, 1.54) is 64.2 Å². The van der Waals surface area contributed by atoms with Crippen LogP contribution in [0.4, 0.5) is 0 Å². The maximum absolute atomic E-state index is 12.2. The van der Waals surface area contributed by atoms with Crippen molar-refractivity contribution in [3.8, 4) is 0 Å². The van der Waals surface area contributed by atoms with Gasteiger partial charge in [0.05, 0.1) is 12.5 Å². The van der Waals surface area contributed by atoms with Crippen LogP contribution in [0.1, 0.15) is 130 Å². The van der Waals surface area contributed by atoms with Crippen LogP contribution in [0, 0.1) is 0 Å². The zero-order chi connectivity index (χ0) is 27.4. The van der Waals surface area contributed by atoms with E-state index in [4.69, 9.17) is 0 Å². The number of quaternary nitrogens is 1. The minimum absolute atomic E-state index is 0.0420.